The number of carbonyl (C=O) groups excluding carboxylic acids is 1. The first-order valence-electron chi connectivity index (χ1n) is 8.52. The maximum atomic E-state index is 12.9. The van der Waals surface area contributed by atoms with Crippen molar-refractivity contribution in [2.24, 2.45) is 0 Å². The lowest BCUT2D eigenvalue weighted by molar-refractivity contribution is -0.122. The summed E-state index contributed by atoms with van der Waals surface area (Å²) in [6.07, 6.45) is 1.30. The van der Waals surface area contributed by atoms with Crippen LogP contribution < -0.4 is 14.4 Å². The van der Waals surface area contributed by atoms with Crippen LogP contribution in [0.4, 0.5) is 5.69 Å². The standard InChI is InChI=1S/C19H22Cl2N2O4S/c1-4-17(19(24)22-12-13-7-5-6-8-18(13)27-2)23(28(3,25)26)16-10-14(20)9-15(21)11-16/h5-11,17H,4,12H2,1-3H3,(H,22,24). The molecule has 1 N–H and O–H groups in total. The molecule has 1 unspecified atom stereocenters. The fourth-order valence-electron chi connectivity index (χ4n) is 2.88. The highest BCUT2D eigenvalue weighted by Crippen LogP contribution is 2.29. The Morgan fingerprint density at radius 1 is 1.18 bits per heavy atom. The number of rotatable bonds is 8. The Morgan fingerprint density at radius 2 is 1.79 bits per heavy atom. The Hall–Kier alpha value is -1.96. The van der Waals surface area contributed by atoms with Crippen molar-refractivity contribution in [1.82, 2.24) is 5.32 Å². The van der Waals surface area contributed by atoms with E-state index in [2.05, 4.69) is 5.32 Å². The first-order valence-corrected chi connectivity index (χ1v) is 11.1. The molecule has 0 aliphatic carbocycles. The van der Waals surface area contributed by atoms with Crippen molar-refractivity contribution in [3.8, 4) is 5.75 Å². The lowest BCUT2D eigenvalue weighted by Crippen LogP contribution is -2.49. The molecule has 0 saturated heterocycles. The zero-order valence-electron chi connectivity index (χ0n) is 15.8. The molecule has 9 heteroatoms. The average Bonchev–Trinajstić information content (AvgIpc) is 2.62. The third-order valence-electron chi connectivity index (χ3n) is 4.08. The van der Waals surface area contributed by atoms with Gasteiger partial charge in [0, 0.05) is 22.2 Å². The molecule has 28 heavy (non-hydrogen) atoms. The summed E-state index contributed by atoms with van der Waals surface area (Å²) in [6, 6.07) is 10.7. The second kappa shape index (κ2) is 9.49. The third kappa shape index (κ3) is 5.53. The summed E-state index contributed by atoms with van der Waals surface area (Å²) in [5.41, 5.74) is 1.02. The van der Waals surface area contributed by atoms with Gasteiger partial charge < -0.3 is 10.1 Å². The third-order valence-corrected chi connectivity index (χ3v) is 5.69. The molecule has 0 fully saturated rings. The van der Waals surface area contributed by atoms with Gasteiger partial charge in [0.1, 0.15) is 11.8 Å². The minimum Gasteiger partial charge on any atom is -0.496 e. The van der Waals surface area contributed by atoms with E-state index in [1.165, 1.54) is 18.2 Å². The molecule has 0 saturated carbocycles. The summed E-state index contributed by atoms with van der Waals surface area (Å²) in [5, 5.41) is 3.34. The molecular weight excluding hydrogens is 423 g/mol. The number of nitrogens with zero attached hydrogens (tertiary/aromatic N) is 1. The van der Waals surface area contributed by atoms with Crippen molar-refractivity contribution in [2.45, 2.75) is 25.9 Å². The maximum Gasteiger partial charge on any atom is 0.244 e. The van der Waals surface area contributed by atoms with Gasteiger partial charge in [-0.25, -0.2) is 8.42 Å². The van der Waals surface area contributed by atoms with E-state index in [9.17, 15) is 13.2 Å². The molecule has 0 heterocycles. The van der Waals surface area contributed by atoms with Crippen LogP contribution in [0, 0.1) is 0 Å². The molecule has 6 nitrogen and oxygen atoms in total. The van der Waals surface area contributed by atoms with E-state index in [-0.39, 0.29) is 28.7 Å². The Bertz CT molecular complexity index is 930. The molecule has 152 valence electrons. The van der Waals surface area contributed by atoms with E-state index in [4.69, 9.17) is 27.9 Å². The zero-order valence-corrected chi connectivity index (χ0v) is 18.1. The SMILES string of the molecule is CCC(C(=O)NCc1ccccc1OC)N(c1cc(Cl)cc(Cl)c1)S(C)(=O)=O. The molecule has 1 amide bonds. The molecule has 2 rings (SSSR count). The maximum absolute atomic E-state index is 12.9. The van der Waals surface area contributed by atoms with E-state index in [1.54, 1.807) is 20.1 Å². The van der Waals surface area contributed by atoms with Crippen molar-refractivity contribution in [3.63, 3.8) is 0 Å². The number of para-hydroxylation sites is 1. The summed E-state index contributed by atoms with van der Waals surface area (Å²) in [6.45, 7) is 1.94. The molecule has 0 aromatic heterocycles. The number of ether oxygens (including phenoxy) is 1. The summed E-state index contributed by atoms with van der Waals surface area (Å²) < 4.78 is 31.3. The van der Waals surface area contributed by atoms with Gasteiger partial charge in [0.15, 0.2) is 0 Å². The number of sulfonamides is 1. The van der Waals surface area contributed by atoms with E-state index >= 15 is 0 Å². The van der Waals surface area contributed by atoms with Crippen LogP contribution in [-0.2, 0) is 21.4 Å². The van der Waals surface area contributed by atoms with E-state index < -0.39 is 22.0 Å². The number of methoxy groups -OCH3 is 1. The molecule has 2 aromatic rings. The summed E-state index contributed by atoms with van der Waals surface area (Å²) in [5.74, 6) is 0.201. The summed E-state index contributed by atoms with van der Waals surface area (Å²) in [4.78, 5) is 12.9. The van der Waals surface area contributed by atoms with Gasteiger partial charge in [-0.2, -0.15) is 0 Å². The molecule has 1 atom stereocenters. The molecule has 0 aliphatic heterocycles. The summed E-state index contributed by atoms with van der Waals surface area (Å²) in [7, 11) is -2.23. The van der Waals surface area contributed by atoms with E-state index in [0.29, 0.717) is 5.75 Å². The Balaban J connectivity index is 2.31. The van der Waals surface area contributed by atoms with Gasteiger partial charge in [0.2, 0.25) is 15.9 Å². The quantitative estimate of drug-likeness (QED) is 0.670. The highest BCUT2D eigenvalue weighted by atomic mass is 35.5. The minimum atomic E-state index is -3.77. The monoisotopic (exact) mass is 444 g/mol. The van der Waals surface area contributed by atoms with Gasteiger partial charge in [-0.15, -0.1) is 0 Å². The van der Waals surface area contributed by atoms with Crippen molar-refractivity contribution >= 4 is 44.8 Å². The van der Waals surface area contributed by atoms with Crippen LogP contribution in [-0.4, -0.2) is 33.7 Å². The largest absolute Gasteiger partial charge is 0.496 e. The number of carbonyl (C=O) groups is 1. The number of hydrogen-bond acceptors (Lipinski definition) is 4. The van der Waals surface area contributed by atoms with Crippen LogP contribution in [0.2, 0.25) is 10.0 Å². The summed E-state index contributed by atoms with van der Waals surface area (Å²) >= 11 is 12.1. The van der Waals surface area contributed by atoms with Crippen molar-refractivity contribution in [2.75, 3.05) is 17.7 Å². The second-order valence-electron chi connectivity index (χ2n) is 6.14. The number of amides is 1. The van der Waals surface area contributed by atoms with Crippen LogP contribution in [0.25, 0.3) is 0 Å². The molecule has 0 aliphatic rings. The second-order valence-corrected chi connectivity index (χ2v) is 8.87. The van der Waals surface area contributed by atoms with Crippen LogP contribution in [0.3, 0.4) is 0 Å². The number of anilines is 1. The lowest BCUT2D eigenvalue weighted by atomic mass is 10.1. The Labute approximate surface area is 175 Å². The van der Waals surface area contributed by atoms with Crippen LogP contribution in [0.1, 0.15) is 18.9 Å². The molecule has 0 spiro atoms. The minimum absolute atomic E-state index is 0.202. The molecular formula is C19H22Cl2N2O4S. The number of benzene rings is 2. The molecule has 2 aromatic carbocycles. The van der Waals surface area contributed by atoms with E-state index in [1.807, 2.05) is 18.2 Å². The highest BCUT2D eigenvalue weighted by molar-refractivity contribution is 7.92. The first kappa shape index (κ1) is 22.3. The fraction of sp³-hybridized carbons (Fsp3) is 0.316. The lowest BCUT2D eigenvalue weighted by Gasteiger charge is -2.30. The topological polar surface area (TPSA) is 75.7 Å². The average molecular weight is 445 g/mol. The van der Waals surface area contributed by atoms with Crippen molar-refractivity contribution in [1.29, 1.82) is 0 Å². The fourth-order valence-corrected chi connectivity index (χ4v) is 4.59. The molecule has 0 radical (unpaired) electrons. The predicted molar refractivity (Wildman–Crippen MR) is 113 cm³/mol. The Morgan fingerprint density at radius 3 is 2.32 bits per heavy atom. The first-order chi connectivity index (χ1) is 13.2. The predicted octanol–water partition coefficient (Wildman–Crippen LogP) is 3.86. The van der Waals surface area contributed by atoms with Gasteiger partial charge in [-0.05, 0) is 30.7 Å². The Kier molecular flexibility index (Phi) is 7.57. The smallest absolute Gasteiger partial charge is 0.244 e. The number of nitrogens with one attached hydrogen (secondary N) is 1. The van der Waals surface area contributed by atoms with Gasteiger partial charge in [-0.1, -0.05) is 48.3 Å². The van der Waals surface area contributed by atoms with Gasteiger partial charge in [0.25, 0.3) is 0 Å². The van der Waals surface area contributed by atoms with Crippen LogP contribution in [0.5, 0.6) is 5.75 Å². The van der Waals surface area contributed by atoms with Crippen LogP contribution in [0.15, 0.2) is 42.5 Å². The number of hydrogen-bond donors (Lipinski definition) is 1. The van der Waals surface area contributed by atoms with Crippen molar-refractivity contribution < 1.29 is 17.9 Å². The van der Waals surface area contributed by atoms with Gasteiger partial charge in [-0.3, -0.25) is 9.10 Å². The normalized spacial score (nSPS) is 12.3. The van der Waals surface area contributed by atoms with Gasteiger partial charge >= 0.3 is 0 Å². The van der Waals surface area contributed by atoms with Gasteiger partial charge in [0.05, 0.1) is 19.1 Å². The van der Waals surface area contributed by atoms with Crippen LogP contribution >= 0.6 is 23.2 Å². The number of halogens is 2. The highest BCUT2D eigenvalue weighted by Gasteiger charge is 2.31. The molecule has 0 bridgehead atoms. The van der Waals surface area contributed by atoms with Crippen molar-refractivity contribution in [3.05, 3.63) is 58.1 Å². The van der Waals surface area contributed by atoms with E-state index in [0.717, 1.165) is 16.1 Å². The zero-order chi connectivity index (χ0) is 20.9.